The highest BCUT2D eigenvalue weighted by atomic mass is 16.6. The number of fused-ring (bicyclic) bond motifs is 1. The lowest BCUT2D eigenvalue weighted by Gasteiger charge is -2.36. The zero-order valence-corrected chi connectivity index (χ0v) is 17.3. The van der Waals surface area contributed by atoms with Gasteiger partial charge in [0, 0.05) is 13.1 Å². The molecule has 0 aliphatic carbocycles. The molecule has 0 spiro atoms. The van der Waals surface area contributed by atoms with E-state index in [4.69, 9.17) is 4.74 Å². The van der Waals surface area contributed by atoms with E-state index in [9.17, 15) is 29.1 Å². The van der Waals surface area contributed by atoms with Crippen molar-refractivity contribution in [1.82, 2.24) is 29.7 Å². The number of carbonyl (C=O) groups excluding carboxylic acids is 2. The SMILES string of the molecule is CC(C)(C)OC(=O)N1C[C@H](C(=O)O)C[C@H](C(=O)NCn2cnc3c(=O)[nH]c(=O)[nH]c32)C1. The molecule has 1 fully saturated rings. The van der Waals surface area contributed by atoms with Gasteiger partial charge in [-0.3, -0.25) is 28.9 Å². The Labute approximate surface area is 175 Å². The molecule has 3 rings (SSSR count). The van der Waals surface area contributed by atoms with E-state index in [0.29, 0.717) is 0 Å². The molecule has 168 valence electrons. The fourth-order valence-corrected chi connectivity index (χ4v) is 3.35. The molecule has 1 aliphatic rings. The van der Waals surface area contributed by atoms with Crippen molar-refractivity contribution in [3.05, 3.63) is 27.2 Å². The Balaban J connectivity index is 1.72. The lowest BCUT2D eigenvalue weighted by atomic mass is 9.89. The summed E-state index contributed by atoms with van der Waals surface area (Å²) in [6.07, 6.45) is 0.653. The molecule has 4 N–H and O–H groups in total. The maximum absolute atomic E-state index is 12.7. The third-order valence-electron chi connectivity index (χ3n) is 4.76. The van der Waals surface area contributed by atoms with E-state index in [0.717, 1.165) is 0 Å². The Morgan fingerprint density at radius 1 is 1.23 bits per heavy atom. The predicted octanol–water partition coefficient (Wildman–Crippen LogP) is -0.556. The summed E-state index contributed by atoms with van der Waals surface area (Å²) in [6, 6.07) is 0. The first kappa shape index (κ1) is 22.1. The minimum atomic E-state index is -1.11. The topological polar surface area (TPSA) is 179 Å². The zero-order chi connectivity index (χ0) is 22.9. The van der Waals surface area contributed by atoms with Gasteiger partial charge >= 0.3 is 17.8 Å². The van der Waals surface area contributed by atoms with E-state index in [2.05, 4.69) is 20.3 Å². The second-order valence-electron chi connectivity index (χ2n) is 8.37. The van der Waals surface area contributed by atoms with Crippen LogP contribution in [0.25, 0.3) is 11.2 Å². The number of carbonyl (C=O) groups is 3. The van der Waals surface area contributed by atoms with Crippen molar-refractivity contribution >= 4 is 29.1 Å². The zero-order valence-electron chi connectivity index (χ0n) is 17.3. The number of carboxylic acids is 1. The molecule has 1 aliphatic heterocycles. The molecule has 31 heavy (non-hydrogen) atoms. The van der Waals surface area contributed by atoms with Crippen LogP contribution >= 0.6 is 0 Å². The van der Waals surface area contributed by atoms with Crippen LogP contribution in [0.3, 0.4) is 0 Å². The van der Waals surface area contributed by atoms with Crippen LogP contribution in [0.5, 0.6) is 0 Å². The number of amides is 2. The van der Waals surface area contributed by atoms with Gasteiger partial charge in [0.2, 0.25) is 5.91 Å². The van der Waals surface area contributed by atoms with Crippen molar-refractivity contribution in [2.24, 2.45) is 11.8 Å². The minimum Gasteiger partial charge on any atom is -0.481 e. The number of H-pyrrole nitrogens is 2. The second-order valence-corrected chi connectivity index (χ2v) is 8.37. The number of ether oxygens (including phenoxy) is 1. The number of nitrogens with zero attached hydrogens (tertiary/aromatic N) is 3. The van der Waals surface area contributed by atoms with E-state index in [-0.39, 0.29) is 37.3 Å². The lowest BCUT2D eigenvalue weighted by molar-refractivity contribution is -0.145. The molecule has 2 atom stereocenters. The lowest BCUT2D eigenvalue weighted by Crippen LogP contribution is -2.51. The van der Waals surface area contributed by atoms with E-state index < -0.39 is 46.7 Å². The molecule has 2 aromatic heterocycles. The summed E-state index contributed by atoms with van der Waals surface area (Å²) in [6.45, 7) is 4.92. The van der Waals surface area contributed by atoms with Crippen LogP contribution in [0.15, 0.2) is 15.9 Å². The van der Waals surface area contributed by atoms with Gasteiger partial charge in [-0.2, -0.15) is 0 Å². The molecule has 0 bridgehead atoms. The number of likely N-dealkylation sites (tertiary alicyclic amines) is 1. The number of aromatic nitrogens is 4. The molecule has 13 nitrogen and oxygen atoms in total. The molecular weight excluding hydrogens is 412 g/mol. The first-order valence-corrected chi connectivity index (χ1v) is 9.60. The average Bonchev–Trinajstić information content (AvgIpc) is 3.07. The first-order chi connectivity index (χ1) is 14.4. The average molecular weight is 436 g/mol. The predicted molar refractivity (Wildman–Crippen MR) is 106 cm³/mol. The van der Waals surface area contributed by atoms with Crippen LogP contribution < -0.4 is 16.6 Å². The smallest absolute Gasteiger partial charge is 0.410 e. The summed E-state index contributed by atoms with van der Waals surface area (Å²) in [7, 11) is 0. The second kappa shape index (κ2) is 8.24. The highest BCUT2D eigenvalue weighted by Crippen LogP contribution is 2.24. The third kappa shape index (κ3) is 5.10. The van der Waals surface area contributed by atoms with Crippen molar-refractivity contribution < 1.29 is 24.2 Å². The Kier molecular flexibility index (Phi) is 5.86. The molecular formula is C18H24N6O7. The summed E-state index contributed by atoms with van der Waals surface area (Å²) in [4.78, 5) is 69.5. The van der Waals surface area contributed by atoms with Gasteiger partial charge in [-0.05, 0) is 27.2 Å². The Morgan fingerprint density at radius 3 is 2.55 bits per heavy atom. The number of nitrogens with one attached hydrogen (secondary N) is 3. The van der Waals surface area contributed by atoms with Crippen molar-refractivity contribution in [3.8, 4) is 0 Å². The number of rotatable bonds is 4. The Hall–Kier alpha value is -3.64. The van der Waals surface area contributed by atoms with Gasteiger partial charge in [-0.25, -0.2) is 14.6 Å². The summed E-state index contributed by atoms with van der Waals surface area (Å²) in [5.74, 6) is -3.28. The number of carboxylic acid groups (broad SMARTS) is 1. The first-order valence-electron chi connectivity index (χ1n) is 9.60. The van der Waals surface area contributed by atoms with E-state index in [1.54, 1.807) is 20.8 Å². The maximum atomic E-state index is 12.7. The Morgan fingerprint density at radius 2 is 1.90 bits per heavy atom. The largest absolute Gasteiger partial charge is 0.481 e. The molecule has 0 aromatic carbocycles. The quantitative estimate of drug-likeness (QED) is 0.492. The number of imidazole rings is 1. The summed E-state index contributed by atoms with van der Waals surface area (Å²) < 4.78 is 6.67. The van der Waals surface area contributed by atoms with Gasteiger partial charge in [0.05, 0.1) is 24.8 Å². The summed E-state index contributed by atoms with van der Waals surface area (Å²) in [5, 5.41) is 12.1. The van der Waals surface area contributed by atoms with Crippen LogP contribution in [0.2, 0.25) is 0 Å². The molecule has 1 saturated heterocycles. The number of hydrogen-bond donors (Lipinski definition) is 4. The molecule has 0 radical (unpaired) electrons. The molecule has 13 heteroatoms. The molecule has 2 aromatic rings. The van der Waals surface area contributed by atoms with Gasteiger partial charge < -0.3 is 20.1 Å². The van der Waals surface area contributed by atoms with Crippen molar-refractivity contribution in [3.63, 3.8) is 0 Å². The van der Waals surface area contributed by atoms with Gasteiger partial charge in [0.1, 0.15) is 11.2 Å². The Bertz CT molecular complexity index is 1120. The van der Waals surface area contributed by atoms with Gasteiger partial charge in [-0.15, -0.1) is 0 Å². The van der Waals surface area contributed by atoms with Crippen LogP contribution in [-0.4, -0.2) is 66.2 Å². The van der Waals surface area contributed by atoms with Crippen LogP contribution in [0.4, 0.5) is 4.79 Å². The maximum Gasteiger partial charge on any atom is 0.410 e. The number of piperidine rings is 1. The standard InChI is InChI=1S/C18H24N6O7/c1-18(2,3)31-17(30)23-5-9(4-10(6-23)15(27)28)13(25)20-8-24-7-19-11-12(24)21-16(29)22-14(11)26/h7,9-10H,4-6,8H2,1-3H3,(H,20,25)(H,27,28)(H2,21,22,26,29)/t9-,10+/m0/s1. The molecule has 0 unspecified atom stereocenters. The third-order valence-corrected chi connectivity index (χ3v) is 4.76. The van der Waals surface area contributed by atoms with Crippen LogP contribution in [0, 0.1) is 11.8 Å². The molecule has 0 saturated carbocycles. The normalized spacial score (nSPS) is 19.3. The monoisotopic (exact) mass is 436 g/mol. The fraction of sp³-hybridized carbons (Fsp3) is 0.556. The van der Waals surface area contributed by atoms with Crippen LogP contribution in [0.1, 0.15) is 27.2 Å². The van der Waals surface area contributed by atoms with E-state index in [1.165, 1.54) is 15.8 Å². The minimum absolute atomic E-state index is 0.00566. The van der Waals surface area contributed by atoms with Gasteiger partial charge in [0.15, 0.2) is 5.52 Å². The van der Waals surface area contributed by atoms with E-state index in [1.807, 2.05) is 0 Å². The van der Waals surface area contributed by atoms with Crippen molar-refractivity contribution in [1.29, 1.82) is 0 Å². The van der Waals surface area contributed by atoms with E-state index >= 15 is 0 Å². The molecule has 3 heterocycles. The highest BCUT2D eigenvalue weighted by molar-refractivity contribution is 5.82. The fourth-order valence-electron chi connectivity index (χ4n) is 3.35. The van der Waals surface area contributed by atoms with Crippen molar-refractivity contribution in [2.75, 3.05) is 13.1 Å². The van der Waals surface area contributed by atoms with Crippen LogP contribution in [-0.2, 0) is 21.0 Å². The summed E-state index contributed by atoms with van der Waals surface area (Å²) in [5.41, 5.74) is -1.99. The summed E-state index contributed by atoms with van der Waals surface area (Å²) >= 11 is 0. The number of aliphatic carboxylic acids is 1. The molecule has 2 amide bonds. The van der Waals surface area contributed by atoms with Gasteiger partial charge in [-0.1, -0.05) is 0 Å². The van der Waals surface area contributed by atoms with Crippen molar-refractivity contribution in [2.45, 2.75) is 39.5 Å². The number of hydrogen-bond acceptors (Lipinski definition) is 7. The van der Waals surface area contributed by atoms with Gasteiger partial charge in [0.25, 0.3) is 5.56 Å². The number of aromatic amines is 2. The highest BCUT2D eigenvalue weighted by Gasteiger charge is 2.38.